The minimum absolute atomic E-state index is 0.0361. The van der Waals surface area contributed by atoms with E-state index in [1.54, 1.807) is 12.3 Å². The Morgan fingerprint density at radius 3 is 2.81 bits per heavy atom. The normalized spacial score (nSPS) is 13.2. The lowest BCUT2D eigenvalue weighted by atomic mass is 10.1. The first-order valence-corrected chi connectivity index (χ1v) is 6.98. The first kappa shape index (κ1) is 12.1. The Hall–Kier alpha value is -2.62. The number of pyridine rings is 2. The SMILES string of the molecule is Cc1ccc(-n2c3c(c(=O)c4cccnc42)CCO3)cc1. The van der Waals surface area contributed by atoms with Gasteiger partial charge in [-0.1, -0.05) is 17.7 Å². The number of nitrogens with zero attached hydrogens (tertiary/aromatic N) is 2. The van der Waals surface area contributed by atoms with Gasteiger partial charge in [0, 0.05) is 12.6 Å². The molecule has 4 heteroatoms. The summed E-state index contributed by atoms with van der Waals surface area (Å²) in [5.41, 5.74) is 3.58. The van der Waals surface area contributed by atoms with Gasteiger partial charge in [-0.3, -0.25) is 9.36 Å². The summed E-state index contributed by atoms with van der Waals surface area (Å²) in [6.45, 7) is 2.60. The summed E-state index contributed by atoms with van der Waals surface area (Å²) in [6.07, 6.45) is 2.36. The fourth-order valence-electron chi connectivity index (χ4n) is 2.80. The van der Waals surface area contributed by atoms with Crippen LogP contribution >= 0.6 is 0 Å². The fourth-order valence-corrected chi connectivity index (χ4v) is 2.80. The van der Waals surface area contributed by atoms with Crippen LogP contribution in [0.1, 0.15) is 11.1 Å². The lowest BCUT2D eigenvalue weighted by molar-refractivity contribution is 0.338. The first-order valence-electron chi connectivity index (χ1n) is 6.98. The Balaban J connectivity index is 2.15. The van der Waals surface area contributed by atoms with E-state index in [4.69, 9.17) is 4.74 Å². The van der Waals surface area contributed by atoms with Crippen LogP contribution in [0.4, 0.5) is 0 Å². The van der Waals surface area contributed by atoms with Gasteiger partial charge in [-0.15, -0.1) is 0 Å². The molecule has 0 spiro atoms. The highest BCUT2D eigenvalue weighted by atomic mass is 16.5. The van der Waals surface area contributed by atoms with E-state index in [1.807, 2.05) is 41.8 Å². The van der Waals surface area contributed by atoms with Crippen molar-refractivity contribution in [1.29, 1.82) is 0 Å². The summed E-state index contributed by atoms with van der Waals surface area (Å²) >= 11 is 0. The van der Waals surface area contributed by atoms with E-state index >= 15 is 0 Å². The zero-order valence-electron chi connectivity index (χ0n) is 11.7. The van der Waals surface area contributed by atoms with Crippen LogP contribution in [0, 0.1) is 6.92 Å². The van der Waals surface area contributed by atoms with Gasteiger partial charge in [0.05, 0.1) is 23.2 Å². The average molecular weight is 278 g/mol. The zero-order chi connectivity index (χ0) is 14.4. The van der Waals surface area contributed by atoms with E-state index < -0.39 is 0 Å². The maximum atomic E-state index is 12.5. The maximum Gasteiger partial charge on any atom is 0.207 e. The van der Waals surface area contributed by atoms with Crippen LogP contribution in [0.25, 0.3) is 16.7 Å². The molecule has 0 atom stereocenters. The number of rotatable bonds is 1. The molecular formula is C17H14N2O2. The molecular weight excluding hydrogens is 264 g/mol. The third-order valence-corrected chi connectivity index (χ3v) is 3.86. The van der Waals surface area contributed by atoms with Gasteiger partial charge < -0.3 is 4.74 Å². The number of fused-ring (bicyclic) bond motifs is 2. The highest BCUT2D eigenvalue weighted by Crippen LogP contribution is 2.29. The van der Waals surface area contributed by atoms with Crippen molar-refractivity contribution >= 4 is 11.0 Å². The lowest BCUT2D eigenvalue weighted by Crippen LogP contribution is -2.14. The van der Waals surface area contributed by atoms with E-state index in [9.17, 15) is 4.79 Å². The van der Waals surface area contributed by atoms with E-state index in [1.165, 1.54) is 5.56 Å². The van der Waals surface area contributed by atoms with E-state index in [2.05, 4.69) is 4.98 Å². The molecule has 4 nitrogen and oxygen atoms in total. The van der Waals surface area contributed by atoms with Crippen LogP contribution < -0.4 is 10.2 Å². The molecule has 0 radical (unpaired) electrons. The second kappa shape index (κ2) is 4.45. The summed E-state index contributed by atoms with van der Waals surface area (Å²) in [5, 5.41) is 0.641. The molecule has 0 bridgehead atoms. The van der Waals surface area contributed by atoms with Gasteiger partial charge in [-0.2, -0.15) is 0 Å². The molecule has 0 aliphatic carbocycles. The summed E-state index contributed by atoms with van der Waals surface area (Å²) in [6, 6.07) is 11.8. The lowest BCUT2D eigenvalue weighted by Gasteiger charge is -2.15. The third-order valence-electron chi connectivity index (χ3n) is 3.86. The molecule has 0 saturated carbocycles. The number of hydrogen-bond acceptors (Lipinski definition) is 3. The van der Waals surface area contributed by atoms with Crippen molar-refractivity contribution in [3.8, 4) is 11.6 Å². The fraction of sp³-hybridized carbons (Fsp3) is 0.176. The van der Waals surface area contributed by atoms with Crippen LogP contribution in [0.15, 0.2) is 47.4 Å². The highest BCUT2D eigenvalue weighted by molar-refractivity contribution is 5.79. The van der Waals surface area contributed by atoms with Crippen LogP contribution in [-0.2, 0) is 6.42 Å². The van der Waals surface area contributed by atoms with Crippen molar-refractivity contribution in [2.24, 2.45) is 0 Å². The number of hydrogen-bond donors (Lipinski definition) is 0. The molecule has 0 saturated heterocycles. The van der Waals surface area contributed by atoms with Crippen molar-refractivity contribution in [3.63, 3.8) is 0 Å². The summed E-state index contributed by atoms with van der Waals surface area (Å²) in [5.74, 6) is 0.634. The van der Waals surface area contributed by atoms with Crippen LogP contribution in [-0.4, -0.2) is 16.2 Å². The van der Waals surface area contributed by atoms with Gasteiger partial charge in [0.1, 0.15) is 0 Å². The molecule has 0 amide bonds. The predicted octanol–water partition coefficient (Wildman–Crippen LogP) is 2.63. The van der Waals surface area contributed by atoms with Gasteiger partial charge in [0.2, 0.25) is 5.88 Å². The molecule has 21 heavy (non-hydrogen) atoms. The molecule has 2 aromatic heterocycles. The van der Waals surface area contributed by atoms with Gasteiger partial charge in [0.15, 0.2) is 11.1 Å². The Labute approximate surface area is 121 Å². The van der Waals surface area contributed by atoms with Gasteiger partial charge in [-0.05, 0) is 31.2 Å². The Bertz CT molecular complexity index is 895. The number of aromatic nitrogens is 2. The molecule has 0 fully saturated rings. The smallest absolute Gasteiger partial charge is 0.207 e. The minimum Gasteiger partial charge on any atom is -0.478 e. The molecule has 0 N–H and O–H groups in total. The standard InChI is InChI=1S/C17H14N2O2/c1-11-4-6-12(7-5-11)19-16-13(3-2-9-18-16)15(20)14-8-10-21-17(14)19/h2-7,9H,8,10H2,1H3. The molecule has 0 unspecified atom stereocenters. The minimum atomic E-state index is 0.0361. The van der Waals surface area contributed by atoms with Crippen LogP contribution in [0.2, 0.25) is 0 Å². The molecule has 1 aliphatic heterocycles. The number of aryl methyl sites for hydroxylation is 1. The largest absolute Gasteiger partial charge is 0.478 e. The molecule has 1 aliphatic rings. The summed E-state index contributed by atoms with van der Waals surface area (Å²) in [7, 11) is 0. The van der Waals surface area contributed by atoms with Crippen molar-refractivity contribution in [1.82, 2.24) is 9.55 Å². The van der Waals surface area contributed by atoms with E-state index in [0.29, 0.717) is 29.9 Å². The van der Waals surface area contributed by atoms with Crippen LogP contribution in [0.5, 0.6) is 5.88 Å². The van der Waals surface area contributed by atoms with Crippen molar-refractivity contribution in [2.75, 3.05) is 6.61 Å². The molecule has 104 valence electrons. The van der Waals surface area contributed by atoms with Gasteiger partial charge in [-0.25, -0.2) is 4.98 Å². The van der Waals surface area contributed by atoms with Gasteiger partial charge in [0.25, 0.3) is 0 Å². The Morgan fingerprint density at radius 2 is 2.00 bits per heavy atom. The highest BCUT2D eigenvalue weighted by Gasteiger charge is 2.24. The Kier molecular flexibility index (Phi) is 2.57. The second-order valence-corrected chi connectivity index (χ2v) is 5.26. The van der Waals surface area contributed by atoms with E-state index in [-0.39, 0.29) is 5.43 Å². The second-order valence-electron chi connectivity index (χ2n) is 5.26. The van der Waals surface area contributed by atoms with E-state index in [0.717, 1.165) is 11.3 Å². The predicted molar refractivity (Wildman–Crippen MR) is 81.3 cm³/mol. The monoisotopic (exact) mass is 278 g/mol. The topological polar surface area (TPSA) is 44.1 Å². The van der Waals surface area contributed by atoms with Gasteiger partial charge >= 0.3 is 0 Å². The zero-order valence-corrected chi connectivity index (χ0v) is 11.7. The molecule has 1 aromatic carbocycles. The summed E-state index contributed by atoms with van der Waals surface area (Å²) < 4.78 is 7.67. The molecule has 3 aromatic rings. The van der Waals surface area contributed by atoms with Crippen LogP contribution in [0.3, 0.4) is 0 Å². The summed E-state index contributed by atoms with van der Waals surface area (Å²) in [4.78, 5) is 16.9. The quantitative estimate of drug-likeness (QED) is 0.687. The molecule has 4 rings (SSSR count). The Morgan fingerprint density at radius 1 is 1.19 bits per heavy atom. The van der Waals surface area contributed by atoms with Crippen molar-refractivity contribution in [2.45, 2.75) is 13.3 Å². The van der Waals surface area contributed by atoms with Crippen molar-refractivity contribution in [3.05, 3.63) is 63.9 Å². The van der Waals surface area contributed by atoms with Crippen molar-refractivity contribution < 1.29 is 4.74 Å². The average Bonchev–Trinajstić information content (AvgIpc) is 2.99. The number of ether oxygens (including phenoxy) is 1. The first-order chi connectivity index (χ1) is 10.3. The molecule has 3 heterocycles. The maximum absolute atomic E-state index is 12.5. The number of benzene rings is 1. The third kappa shape index (κ3) is 1.76.